The minimum absolute atomic E-state index is 0.0834. The molecule has 3 heteroatoms. The van der Waals surface area contributed by atoms with Crippen molar-refractivity contribution in [3.05, 3.63) is 24.3 Å². The van der Waals surface area contributed by atoms with E-state index >= 15 is 0 Å². The van der Waals surface area contributed by atoms with Gasteiger partial charge in [0.15, 0.2) is 0 Å². The third-order valence-corrected chi connectivity index (χ3v) is 3.18. The second-order valence-electron chi connectivity index (χ2n) is 4.56. The molecule has 0 radical (unpaired) electrons. The van der Waals surface area contributed by atoms with Crippen LogP contribution in [0.25, 0.3) is 0 Å². The lowest BCUT2D eigenvalue weighted by atomic mass is 10.1. The van der Waals surface area contributed by atoms with Crippen molar-refractivity contribution in [1.29, 1.82) is 0 Å². The van der Waals surface area contributed by atoms with E-state index in [4.69, 9.17) is 0 Å². The van der Waals surface area contributed by atoms with Crippen molar-refractivity contribution in [2.45, 2.75) is 32.9 Å². The van der Waals surface area contributed by atoms with Gasteiger partial charge in [0.1, 0.15) is 6.04 Å². The monoisotopic (exact) mass is 218 g/mol. The Balaban J connectivity index is 2.56. The number of para-hydroxylation sites is 2. The highest BCUT2D eigenvalue weighted by molar-refractivity contribution is 6.04. The summed E-state index contributed by atoms with van der Waals surface area (Å²) in [6, 6.07) is 8.30. The number of rotatable bonds is 1. The highest BCUT2D eigenvalue weighted by atomic mass is 16.2. The van der Waals surface area contributed by atoms with Gasteiger partial charge in [-0.05, 0) is 32.9 Å². The average Bonchev–Trinajstić information content (AvgIpc) is 2.26. The predicted molar refractivity (Wildman–Crippen MR) is 66.9 cm³/mol. The van der Waals surface area contributed by atoms with Crippen LogP contribution in [0.3, 0.4) is 0 Å². The number of hydrogen-bond acceptors (Lipinski definition) is 2. The van der Waals surface area contributed by atoms with Crippen LogP contribution >= 0.6 is 0 Å². The van der Waals surface area contributed by atoms with Gasteiger partial charge in [-0.3, -0.25) is 4.79 Å². The molecule has 0 aromatic heterocycles. The molecule has 1 heterocycles. The fourth-order valence-electron chi connectivity index (χ4n) is 2.42. The summed E-state index contributed by atoms with van der Waals surface area (Å²) in [6.07, 6.45) is 0. The number of carbonyl (C=O) groups is 1. The Morgan fingerprint density at radius 1 is 1.19 bits per heavy atom. The van der Waals surface area contributed by atoms with Gasteiger partial charge >= 0.3 is 0 Å². The fraction of sp³-hybridized carbons (Fsp3) is 0.462. The molecule has 1 unspecified atom stereocenters. The first kappa shape index (κ1) is 11.0. The average molecular weight is 218 g/mol. The SMILES string of the molecule is CC(C)N1c2ccccc2N(C)C(=O)C1C. The zero-order chi connectivity index (χ0) is 11.9. The van der Waals surface area contributed by atoms with Gasteiger partial charge in [0.2, 0.25) is 5.91 Å². The molecule has 0 saturated heterocycles. The molecular formula is C13H18N2O. The van der Waals surface area contributed by atoms with E-state index in [9.17, 15) is 4.79 Å². The van der Waals surface area contributed by atoms with Crippen LogP contribution in [0.1, 0.15) is 20.8 Å². The molecule has 86 valence electrons. The normalized spacial score (nSPS) is 20.3. The van der Waals surface area contributed by atoms with Crippen LogP contribution in [-0.4, -0.2) is 25.0 Å². The smallest absolute Gasteiger partial charge is 0.249 e. The number of nitrogens with zero attached hydrogens (tertiary/aromatic N) is 2. The maximum absolute atomic E-state index is 12.1. The quantitative estimate of drug-likeness (QED) is 0.722. The summed E-state index contributed by atoms with van der Waals surface area (Å²) < 4.78 is 0. The topological polar surface area (TPSA) is 23.6 Å². The summed E-state index contributed by atoms with van der Waals surface area (Å²) in [6.45, 7) is 6.20. The van der Waals surface area contributed by atoms with Gasteiger partial charge in [-0.25, -0.2) is 0 Å². The summed E-state index contributed by atoms with van der Waals surface area (Å²) in [5.41, 5.74) is 2.14. The Kier molecular flexibility index (Phi) is 2.62. The molecule has 0 fully saturated rings. The van der Waals surface area contributed by atoms with Crippen LogP contribution < -0.4 is 9.80 Å². The van der Waals surface area contributed by atoms with Crippen molar-refractivity contribution in [2.75, 3.05) is 16.8 Å². The van der Waals surface area contributed by atoms with Gasteiger partial charge in [0.25, 0.3) is 0 Å². The van der Waals surface area contributed by atoms with Crippen molar-refractivity contribution < 1.29 is 4.79 Å². The number of carbonyl (C=O) groups excluding carboxylic acids is 1. The molecule has 0 saturated carbocycles. The molecule has 1 aliphatic rings. The minimum atomic E-state index is -0.0834. The van der Waals surface area contributed by atoms with Crippen LogP contribution in [0.2, 0.25) is 0 Å². The zero-order valence-electron chi connectivity index (χ0n) is 10.3. The lowest BCUT2D eigenvalue weighted by Crippen LogP contribution is -2.53. The zero-order valence-corrected chi connectivity index (χ0v) is 10.3. The minimum Gasteiger partial charge on any atom is -0.356 e. The molecule has 1 amide bonds. The van der Waals surface area contributed by atoms with E-state index in [2.05, 4.69) is 24.8 Å². The van der Waals surface area contributed by atoms with Crippen molar-refractivity contribution >= 4 is 17.3 Å². The summed E-state index contributed by atoms with van der Waals surface area (Å²) >= 11 is 0. The molecule has 0 spiro atoms. The largest absolute Gasteiger partial charge is 0.356 e. The molecule has 1 aromatic rings. The fourth-order valence-corrected chi connectivity index (χ4v) is 2.42. The van der Waals surface area contributed by atoms with Gasteiger partial charge in [0.05, 0.1) is 11.4 Å². The number of anilines is 2. The van der Waals surface area contributed by atoms with E-state index < -0.39 is 0 Å². The lowest BCUT2D eigenvalue weighted by Gasteiger charge is -2.42. The molecule has 1 atom stereocenters. The molecule has 0 N–H and O–H groups in total. The molecule has 1 aliphatic heterocycles. The third-order valence-electron chi connectivity index (χ3n) is 3.18. The highest BCUT2D eigenvalue weighted by Crippen LogP contribution is 2.35. The molecule has 3 nitrogen and oxygen atoms in total. The Morgan fingerprint density at radius 2 is 1.75 bits per heavy atom. The summed E-state index contributed by atoms with van der Waals surface area (Å²) in [7, 11) is 1.84. The van der Waals surface area contributed by atoms with E-state index in [1.807, 2.05) is 32.2 Å². The highest BCUT2D eigenvalue weighted by Gasteiger charge is 2.34. The van der Waals surface area contributed by atoms with Gasteiger partial charge in [-0.1, -0.05) is 12.1 Å². The lowest BCUT2D eigenvalue weighted by molar-refractivity contribution is -0.119. The molecular weight excluding hydrogens is 200 g/mol. The third kappa shape index (κ3) is 1.47. The first-order valence-electron chi connectivity index (χ1n) is 5.69. The second-order valence-corrected chi connectivity index (χ2v) is 4.56. The number of fused-ring (bicyclic) bond motifs is 1. The molecule has 0 aliphatic carbocycles. The van der Waals surface area contributed by atoms with Gasteiger partial charge < -0.3 is 9.80 Å². The van der Waals surface area contributed by atoms with Crippen LogP contribution in [-0.2, 0) is 4.79 Å². The summed E-state index contributed by atoms with van der Waals surface area (Å²) in [5.74, 6) is 0.160. The number of likely N-dealkylation sites (N-methyl/N-ethyl adjacent to an activating group) is 1. The number of hydrogen-bond donors (Lipinski definition) is 0. The van der Waals surface area contributed by atoms with Crippen LogP contribution in [0.4, 0.5) is 11.4 Å². The van der Waals surface area contributed by atoms with Crippen molar-refractivity contribution in [1.82, 2.24) is 0 Å². The molecule has 0 bridgehead atoms. The Hall–Kier alpha value is -1.51. The van der Waals surface area contributed by atoms with E-state index in [-0.39, 0.29) is 11.9 Å². The van der Waals surface area contributed by atoms with Gasteiger partial charge in [-0.15, -0.1) is 0 Å². The number of amides is 1. The van der Waals surface area contributed by atoms with Crippen molar-refractivity contribution in [3.63, 3.8) is 0 Å². The summed E-state index contributed by atoms with van der Waals surface area (Å²) in [4.78, 5) is 16.0. The van der Waals surface area contributed by atoms with Crippen molar-refractivity contribution in [3.8, 4) is 0 Å². The van der Waals surface area contributed by atoms with Crippen molar-refractivity contribution in [2.24, 2.45) is 0 Å². The standard InChI is InChI=1S/C13H18N2O/c1-9(2)15-10(3)13(16)14(4)11-7-5-6-8-12(11)15/h5-10H,1-4H3. The first-order chi connectivity index (χ1) is 7.54. The van der Waals surface area contributed by atoms with E-state index in [0.717, 1.165) is 11.4 Å². The van der Waals surface area contributed by atoms with E-state index in [1.165, 1.54) is 0 Å². The molecule has 16 heavy (non-hydrogen) atoms. The number of benzene rings is 1. The Bertz CT molecular complexity index is 414. The van der Waals surface area contributed by atoms with Crippen LogP contribution in [0.5, 0.6) is 0 Å². The predicted octanol–water partition coefficient (Wildman–Crippen LogP) is 2.27. The second kappa shape index (κ2) is 3.81. The maximum atomic E-state index is 12.1. The van der Waals surface area contributed by atoms with Gasteiger partial charge in [0, 0.05) is 13.1 Å². The summed E-state index contributed by atoms with van der Waals surface area (Å²) in [5, 5.41) is 0. The van der Waals surface area contributed by atoms with Crippen LogP contribution in [0, 0.1) is 0 Å². The molecule has 1 aromatic carbocycles. The van der Waals surface area contributed by atoms with E-state index in [1.54, 1.807) is 4.90 Å². The molecule has 2 rings (SSSR count). The van der Waals surface area contributed by atoms with Crippen LogP contribution in [0.15, 0.2) is 24.3 Å². The van der Waals surface area contributed by atoms with Gasteiger partial charge in [-0.2, -0.15) is 0 Å². The maximum Gasteiger partial charge on any atom is 0.249 e. The first-order valence-corrected chi connectivity index (χ1v) is 5.69. The van der Waals surface area contributed by atoms with E-state index in [0.29, 0.717) is 6.04 Å². The Labute approximate surface area is 96.7 Å². The Morgan fingerprint density at radius 3 is 2.31 bits per heavy atom.